The monoisotopic (exact) mass is 359 g/mol. The third kappa shape index (κ3) is 2.67. The van der Waals surface area contributed by atoms with Crippen LogP contribution in [0.5, 0.6) is 0 Å². The molecule has 5 nitrogen and oxygen atoms in total. The molecule has 1 amide bonds. The van der Waals surface area contributed by atoms with E-state index in [4.69, 9.17) is 5.73 Å². The highest BCUT2D eigenvalue weighted by Crippen LogP contribution is 2.32. The molecule has 0 saturated carbocycles. The van der Waals surface area contributed by atoms with E-state index in [9.17, 15) is 4.79 Å². The van der Waals surface area contributed by atoms with Gasteiger partial charge in [0.2, 0.25) is 0 Å². The van der Waals surface area contributed by atoms with E-state index >= 15 is 0 Å². The molecule has 3 N–H and O–H groups in total. The Morgan fingerprint density at radius 1 is 1.41 bits per heavy atom. The van der Waals surface area contributed by atoms with Crippen molar-refractivity contribution >= 4 is 49.1 Å². The molecule has 0 saturated heterocycles. The number of aromatic nitrogens is 1. The molecule has 0 radical (unpaired) electrons. The lowest BCUT2D eigenvalue weighted by molar-refractivity contribution is 0.101. The highest BCUT2D eigenvalue weighted by molar-refractivity contribution is 9.11. The third-order valence-electron chi connectivity index (χ3n) is 1.99. The lowest BCUT2D eigenvalue weighted by atomic mass is 10.2. The third-order valence-corrected chi connectivity index (χ3v) is 3.08. The first-order valence-corrected chi connectivity index (χ1v) is 6.13. The number of anilines is 2. The second kappa shape index (κ2) is 4.89. The quantitative estimate of drug-likeness (QED) is 0.806. The van der Waals surface area contributed by atoms with E-state index in [0.717, 1.165) is 4.47 Å². The number of halogens is 2. The van der Waals surface area contributed by atoms with Gasteiger partial charge >= 0.3 is 0 Å². The highest BCUT2D eigenvalue weighted by Gasteiger charge is 2.13. The fourth-order valence-electron chi connectivity index (χ4n) is 1.23. The van der Waals surface area contributed by atoms with Crippen molar-refractivity contribution in [3.8, 4) is 0 Å². The van der Waals surface area contributed by atoms with E-state index in [1.807, 2.05) is 0 Å². The average molecular weight is 361 g/mol. The molecule has 0 aliphatic carbocycles. The van der Waals surface area contributed by atoms with Crippen molar-refractivity contribution in [1.82, 2.24) is 5.16 Å². The van der Waals surface area contributed by atoms with Crippen LogP contribution >= 0.6 is 31.9 Å². The van der Waals surface area contributed by atoms with Gasteiger partial charge in [0.1, 0.15) is 6.26 Å². The van der Waals surface area contributed by atoms with Crippen molar-refractivity contribution in [3.05, 3.63) is 39.1 Å². The maximum Gasteiger partial charge on any atom is 0.277 e. The first kappa shape index (κ1) is 12.1. The summed E-state index contributed by atoms with van der Waals surface area (Å²) < 4.78 is 6.09. The first-order valence-electron chi connectivity index (χ1n) is 4.54. The van der Waals surface area contributed by atoms with Gasteiger partial charge < -0.3 is 15.6 Å². The predicted molar refractivity (Wildman–Crippen MR) is 70.7 cm³/mol. The Morgan fingerprint density at radius 2 is 2.18 bits per heavy atom. The highest BCUT2D eigenvalue weighted by atomic mass is 79.9. The number of nitrogens with one attached hydrogen (secondary N) is 1. The minimum atomic E-state index is -0.381. The summed E-state index contributed by atoms with van der Waals surface area (Å²) in [5.41, 5.74) is 6.95. The first-order chi connectivity index (χ1) is 8.08. The van der Waals surface area contributed by atoms with Crippen molar-refractivity contribution in [3.63, 3.8) is 0 Å². The van der Waals surface area contributed by atoms with Crippen LogP contribution in [0.3, 0.4) is 0 Å². The SMILES string of the molecule is Nc1cc(Br)cc(Br)c1NC(=O)c1ccon1. The van der Waals surface area contributed by atoms with Crippen LogP contribution in [-0.2, 0) is 0 Å². The number of hydrogen-bond acceptors (Lipinski definition) is 4. The van der Waals surface area contributed by atoms with E-state index in [-0.39, 0.29) is 11.6 Å². The molecule has 1 aromatic carbocycles. The molecule has 0 bridgehead atoms. The number of carbonyl (C=O) groups excluding carboxylic acids is 1. The molecule has 0 aliphatic heterocycles. The normalized spacial score (nSPS) is 10.2. The summed E-state index contributed by atoms with van der Waals surface area (Å²) in [5, 5.41) is 6.19. The van der Waals surface area contributed by atoms with Gasteiger partial charge in [0, 0.05) is 15.0 Å². The Balaban J connectivity index is 2.28. The minimum absolute atomic E-state index is 0.194. The van der Waals surface area contributed by atoms with Gasteiger partial charge in [0.05, 0.1) is 11.4 Å². The van der Waals surface area contributed by atoms with Crippen molar-refractivity contribution in [2.24, 2.45) is 0 Å². The molecular formula is C10H7Br2N3O2. The van der Waals surface area contributed by atoms with Gasteiger partial charge in [-0.1, -0.05) is 21.1 Å². The fourth-order valence-corrected chi connectivity index (χ4v) is 2.59. The lowest BCUT2D eigenvalue weighted by Crippen LogP contribution is -2.14. The van der Waals surface area contributed by atoms with Crippen LogP contribution in [-0.4, -0.2) is 11.1 Å². The van der Waals surface area contributed by atoms with Crippen LogP contribution in [0.15, 0.2) is 37.9 Å². The zero-order valence-corrected chi connectivity index (χ0v) is 11.6. The molecule has 1 aromatic heterocycles. The van der Waals surface area contributed by atoms with Crippen LogP contribution in [0.2, 0.25) is 0 Å². The Labute approximate surface area is 114 Å². The van der Waals surface area contributed by atoms with E-state index < -0.39 is 0 Å². The summed E-state index contributed by atoms with van der Waals surface area (Å²) >= 11 is 6.62. The lowest BCUT2D eigenvalue weighted by Gasteiger charge is -2.09. The largest absolute Gasteiger partial charge is 0.397 e. The Morgan fingerprint density at radius 3 is 2.76 bits per heavy atom. The molecule has 0 spiro atoms. The topological polar surface area (TPSA) is 81.1 Å². The summed E-state index contributed by atoms with van der Waals surface area (Å²) in [7, 11) is 0. The van der Waals surface area contributed by atoms with Gasteiger partial charge in [-0.2, -0.15) is 0 Å². The summed E-state index contributed by atoms with van der Waals surface area (Å²) in [6.45, 7) is 0. The van der Waals surface area contributed by atoms with Gasteiger partial charge in [-0.15, -0.1) is 0 Å². The fraction of sp³-hybridized carbons (Fsp3) is 0. The zero-order valence-electron chi connectivity index (χ0n) is 8.41. The maximum absolute atomic E-state index is 11.7. The number of carbonyl (C=O) groups is 1. The molecule has 2 rings (SSSR count). The Bertz CT molecular complexity index is 532. The molecular weight excluding hydrogens is 354 g/mol. The van der Waals surface area contributed by atoms with E-state index in [1.54, 1.807) is 12.1 Å². The van der Waals surface area contributed by atoms with Gasteiger partial charge in [0.25, 0.3) is 5.91 Å². The van der Waals surface area contributed by atoms with E-state index in [0.29, 0.717) is 15.8 Å². The molecule has 0 fully saturated rings. The summed E-state index contributed by atoms with van der Waals surface area (Å²) in [6, 6.07) is 4.95. The second-order valence-electron chi connectivity index (χ2n) is 3.19. The number of hydrogen-bond donors (Lipinski definition) is 2. The second-order valence-corrected chi connectivity index (χ2v) is 4.96. The zero-order chi connectivity index (χ0) is 12.4. The summed E-state index contributed by atoms with van der Waals surface area (Å²) in [6.07, 6.45) is 1.33. The van der Waals surface area contributed by atoms with Crippen molar-refractivity contribution in [2.45, 2.75) is 0 Å². The summed E-state index contributed by atoms with van der Waals surface area (Å²) in [5.74, 6) is -0.381. The summed E-state index contributed by atoms with van der Waals surface area (Å²) in [4.78, 5) is 11.7. The number of nitrogen functional groups attached to an aromatic ring is 1. The average Bonchev–Trinajstić information content (AvgIpc) is 2.76. The van der Waals surface area contributed by atoms with Crippen LogP contribution in [0.1, 0.15) is 10.5 Å². The molecule has 7 heteroatoms. The van der Waals surface area contributed by atoms with Crippen LogP contribution in [0.4, 0.5) is 11.4 Å². The number of rotatable bonds is 2. The molecule has 0 unspecified atom stereocenters. The number of nitrogens with two attached hydrogens (primary N) is 1. The van der Waals surface area contributed by atoms with Crippen molar-refractivity contribution < 1.29 is 9.32 Å². The Hall–Kier alpha value is -1.34. The standard InChI is InChI=1S/C10H7Br2N3O2/c11-5-3-6(12)9(7(13)4-5)14-10(16)8-1-2-17-15-8/h1-4H,13H2,(H,14,16). The van der Waals surface area contributed by atoms with E-state index in [1.165, 1.54) is 12.3 Å². The van der Waals surface area contributed by atoms with E-state index in [2.05, 4.69) is 46.9 Å². The van der Waals surface area contributed by atoms with Crippen LogP contribution < -0.4 is 11.1 Å². The van der Waals surface area contributed by atoms with Gasteiger partial charge in [-0.3, -0.25) is 4.79 Å². The molecule has 2 aromatic rings. The van der Waals surface area contributed by atoms with Gasteiger partial charge in [0.15, 0.2) is 5.69 Å². The van der Waals surface area contributed by atoms with Crippen molar-refractivity contribution in [1.29, 1.82) is 0 Å². The number of amides is 1. The molecule has 0 atom stereocenters. The van der Waals surface area contributed by atoms with Crippen LogP contribution in [0, 0.1) is 0 Å². The molecule has 1 heterocycles. The van der Waals surface area contributed by atoms with Gasteiger partial charge in [-0.25, -0.2) is 0 Å². The molecule has 0 aliphatic rings. The minimum Gasteiger partial charge on any atom is -0.397 e. The van der Waals surface area contributed by atoms with Gasteiger partial charge in [-0.05, 0) is 28.1 Å². The maximum atomic E-state index is 11.7. The Kier molecular flexibility index (Phi) is 3.49. The van der Waals surface area contributed by atoms with Crippen molar-refractivity contribution in [2.75, 3.05) is 11.1 Å². The number of nitrogens with zero attached hydrogens (tertiary/aromatic N) is 1. The van der Waals surface area contributed by atoms with Crippen LogP contribution in [0.25, 0.3) is 0 Å². The number of benzene rings is 1. The smallest absolute Gasteiger partial charge is 0.277 e. The molecule has 88 valence electrons. The predicted octanol–water partition coefficient (Wildman–Crippen LogP) is 3.03. The molecule has 17 heavy (non-hydrogen) atoms.